The Bertz CT molecular complexity index is 1780. The lowest BCUT2D eigenvalue weighted by Crippen LogP contribution is -2.27. The number of aromatic nitrogens is 1. The Morgan fingerprint density at radius 1 is 0.846 bits per heavy atom. The maximum atomic E-state index is 13.8. The molecule has 0 saturated heterocycles. The van der Waals surface area contributed by atoms with Gasteiger partial charge in [-0.25, -0.2) is 8.42 Å². The van der Waals surface area contributed by atoms with E-state index in [0.717, 1.165) is 61.5 Å². The lowest BCUT2D eigenvalue weighted by atomic mass is 9.86. The molecule has 0 aliphatic heterocycles. The van der Waals surface area contributed by atoms with Crippen molar-refractivity contribution in [3.05, 3.63) is 137 Å². The smallest absolute Gasteiger partial charge is 0.251 e. The number of aryl methyl sites for hydroxylation is 2. The van der Waals surface area contributed by atoms with Crippen LogP contribution >= 0.6 is 0 Å². The van der Waals surface area contributed by atoms with Crippen LogP contribution in [0.2, 0.25) is 0 Å². The van der Waals surface area contributed by atoms with E-state index < -0.39 is 9.84 Å². The summed E-state index contributed by atoms with van der Waals surface area (Å²) in [5.41, 5.74) is 5.29. The molecule has 5 rings (SSSR count). The SMILES string of the molecule is CC(NC(=O)c1cc(CCc2ccccc2)cc(C(=O)C[C@H](CC[C@@H](C)C=O)Cc2ccccc2)c1)c1cccnc1.CCC1CC1.CS(C)(=O)=O.[HH].[HH].[HH]. The van der Waals surface area contributed by atoms with Crippen LogP contribution in [0.3, 0.4) is 0 Å². The van der Waals surface area contributed by atoms with E-state index in [4.69, 9.17) is 0 Å². The molecule has 52 heavy (non-hydrogen) atoms. The standard InChI is InChI=1S/C37H40N2O3.C5H10.C2H6O2S.3H2/c1-27(26-40)15-16-31(20-30-12-7-4-8-13-30)23-36(41)34-21-32(18-17-29-10-5-3-6-11-29)22-35(24-34)37(42)39-28(2)33-14-9-19-38-25-33;1-2-5-3-4-5;1-5(2,3)4;;;/h3-14,19,21-22,24-28,31H,15-18,20,23H2,1-2H3,(H,39,42);5H,2-4H2,1H3;1-2H3;3*1H/t27-,28?,31-;;;;;/m1...../s1. The molecule has 1 aromatic heterocycles. The first-order valence-electron chi connectivity index (χ1n) is 18.4. The molecule has 3 atom stereocenters. The predicted molar refractivity (Wildman–Crippen MR) is 218 cm³/mol. The van der Waals surface area contributed by atoms with Gasteiger partial charge in [-0.05, 0) is 97.4 Å². The Morgan fingerprint density at radius 2 is 1.44 bits per heavy atom. The van der Waals surface area contributed by atoms with Crippen molar-refractivity contribution in [3.8, 4) is 0 Å². The molecule has 8 heteroatoms. The number of carbonyl (C=O) groups excluding carboxylic acids is 3. The van der Waals surface area contributed by atoms with Gasteiger partial charge in [-0.1, -0.05) is 99.8 Å². The van der Waals surface area contributed by atoms with Gasteiger partial charge in [0.15, 0.2) is 5.78 Å². The number of hydrogen-bond acceptors (Lipinski definition) is 6. The molecule has 1 amide bonds. The summed E-state index contributed by atoms with van der Waals surface area (Å²) in [5.74, 6) is 0.984. The molecule has 1 heterocycles. The maximum Gasteiger partial charge on any atom is 0.251 e. The van der Waals surface area contributed by atoms with Crippen LogP contribution in [0.15, 0.2) is 103 Å². The molecule has 1 aliphatic rings. The van der Waals surface area contributed by atoms with Gasteiger partial charge < -0.3 is 10.1 Å². The fourth-order valence-corrected chi connectivity index (χ4v) is 5.75. The maximum absolute atomic E-state index is 13.8. The van der Waals surface area contributed by atoms with Crippen molar-refractivity contribution < 1.29 is 27.1 Å². The van der Waals surface area contributed by atoms with Crippen LogP contribution in [-0.4, -0.2) is 43.9 Å². The lowest BCUT2D eigenvalue weighted by molar-refractivity contribution is -0.110. The first-order valence-corrected chi connectivity index (χ1v) is 20.7. The van der Waals surface area contributed by atoms with Crippen LogP contribution in [-0.2, 0) is 33.9 Å². The van der Waals surface area contributed by atoms with Crippen molar-refractivity contribution in [1.82, 2.24) is 10.3 Å². The van der Waals surface area contributed by atoms with Gasteiger partial charge in [0, 0.05) is 52.7 Å². The Labute approximate surface area is 316 Å². The van der Waals surface area contributed by atoms with Gasteiger partial charge >= 0.3 is 0 Å². The molecule has 1 unspecified atom stereocenters. The summed E-state index contributed by atoms with van der Waals surface area (Å²) >= 11 is 0. The number of benzene rings is 3. The summed E-state index contributed by atoms with van der Waals surface area (Å²) in [5, 5.41) is 3.07. The van der Waals surface area contributed by atoms with E-state index in [2.05, 4.69) is 41.5 Å². The van der Waals surface area contributed by atoms with Gasteiger partial charge in [-0.2, -0.15) is 0 Å². The molecule has 1 N–H and O–H groups in total. The van der Waals surface area contributed by atoms with Crippen LogP contribution in [0.1, 0.15) is 113 Å². The number of sulfone groups is 1. The molecule has 4 aromatic rings. The summed E-state index contributed by atoms with van der Waals surface area (Å²) in [6.07, 6.45) is 15.4. The zero-order valence-corrected chi connectivity index (χ0v) is 32.3. The summed E-state index contributed by atoms with van der Waals surface area (Å²) in [4.78, 5) is 42.7. The van der Waals surface area contributed by atoms with E-state index in [1.165, 1.54) is 30.4 Å². The number of hydrogen-bond donors (Lipinski definition) is 1. The molecule has 0 bridgehead atoms. The fraction of sp³-hybridized carbons (Fsp3) is 0.409. The van der Waals surface area contributed by atoms with Crippen molar-refractivity contribution >= 4 is 27.8 Å². The molecular formula is C44H62N2O5S. The molecule has 0 spiro atoms. The van der Waals surface area contributed by atoms with E-state index in [9.17, 15) is 22.8 Å². The average molecular weight is 731 g/mol. The Kier molecular flexibility index (Phi) is 17.6. The monoisotopic (exact) mass is 730 g/mol. The largest absolute Gasteiger partial charge is 0.345 e. The zero-order chi connectivity index (χ0) is 37.9. The number of aldehydes is 1. The van der Waals surface area contributed by atoms with Gasteiger partial charge in [-0.3, -0.25) is 14.6 Å². The second-order valence-electron chi connectivity index (χ2n) is 14.3. The minimum absolute atomic E-state index is 0. The molecule has 0 radical (unpaired) electrons. The topological polar surface area (TPSA) is 110 Å². The molecule has 7 nitrogen and oxygen atoms in total. The minimum atomic E-state index is -2.67. The van der Waals surface area contributed by atoms with Crippen molar-refractivity contribution in [2.24, 2.45) is 17.8 Å². The number of amides is 1. The van der Waals surface area contributed by atoms with Gasteiger partial charge in [0.1, 0.15) is 16.1 Å². The highest BCUT2D eigenvalue weighted by Gasteiger charge is 2.20. The number of ketones is 1. The zero-order valence-electron chi connectivity index (χ0n) is 31.5. The molecular weight excluding hydrogens is 669 g/mol. The van der Waals surface area contributed by atoms with Crippen molar-refractivity contribution in [1.29, 1.82) is 0 Å². The minimum Gasteiger partial charge on any atom is -0.345 e. The highest BCUT2D eigenvalue weighted by atomic mass is 32.2. The van der Waals surface area contributed by atoms with Crippen molar-refractivity contribution in [2.45, 2.75) is 84.6 Å². The van der Waals surface area contributed by atoms with E-state index in [1.54, 1.807) is 18.5 Å². The molecule has 1 fully saturated rings. The van der Waals surface area contributed by atoms with E-state index >= 15 is 0 Å². The van der Waals surface area contributed by atoms with Crippen molar-refractivity contribution in [2.75, 3.05) is 12.5 Å². The lowest BCUT2D eigenvalue weighted by Gasteiger charge is -2.19. The average Bonchev–Trinajstić information content (AvgIpc) is 3.99. The Hall–Kier alpha value is -4.43. The fourth-order valence-electron chi connectivity index (χ4n) is 5.75. The van der Waals surface area contributed by atoms with E-state index in [-0.39, 0.29) is 33.8 Å². The van der Waals surface area contributed by atoms with E-state index in [0.29, 0.717) is 24.0 Å². The van der Waals surface area contributed by atoms with Crippen molar-refractivity contribution in [3.63, 3.8) is 0 Å². The van der Waals surface area contributed by atoms with Gasteiger partial charge in [-0.15, -0.1) is 0 Å². The number of carbonyl (C=O) groups is 3. The summed E-state index contributed by atoms with van der Waals surface area (Å²) in [6.45, 7) is 6.11. The van der Waals surface area contributed by atoms with Crippen LogP contribution < -0.4 is 5.32 Å². The van der Waals surface area contributed by atoms with Crippen LogP contribution in [0.5, 0.6) is 0 Å². The second kappa shape index (κ2) is 21.8. The summed E-state index contributed by atoms with van der Waals surface area (Å²) in [6, 6.07) is 29.5. The third-order valence-electron chi connectivity index (χ3n) is 9.03. The number of pyridine rings is 1. The number of rotatable bonds is 16. The Balaban J connectivity index is 0.00000197. The third-order valence-corrected chi connectivity index (χ3v) is 9.03. The van der Waals surface area contributed by atoms with Gasteiger partial charge in [0.2, 0.25) is 0 Å². The Morgan fingerprint density at radius 3 is 1.98 bits per heavy atom. The number of Topliss-reactive ketones (excluding diaryl/α,β-unsaturated/α-hetero) is 1. The first-order chi connectivity index (χ1) is 24.8. The van der Waals surface area contributed by atoms with Crippen LogP contribution in [0, 0.1) is 17.8 Å². The second-order valence-corrected chi connectivity index (χ2v) is 16.5. The molecule has 1 aliphatic carbocycles. The summed E-state index contributed by atoms with van der Waals surface area (Å²) in [7, 11) is -2.67. The number of nitrogens with zero attached hydrogens (tertiary/aromatic N) is 1. The molecule has 1 saturated carbocycles. The summed E-state index contributed by atoms with van der Waals surface area (Å²) < 4.78 is 19.3. The van der Waals surface area contributed by atoms with Crippen LogP contribution in [0.4, 0.5) is 0 Å². The quantitative estimate of drug-likeness (QED) is 0.0908. The van der Waals surface area contributed by atoms with Gasteiger partial charge in [0.25, 0.3) is 5.91 Å². The van der Waals surface area contributed by atoms with Gasteiger partial charge in [0.05, 0.1) is 6.04 Å². The van der Waals surface area contributed by atoms with E-state index in [1.807, 2.05) is 74.5 Å². The first kappa shape index (κ1) is 42.0. The normalized spacial score (nSPS) is 13.9. The number of nitrogens with one attached hydrogen (secondary N) is 1. The molecule has 3 aromatic carbocycles. The van der Waals surface area contributed by atoms with Crippen LogP contribution in [0.25, 0.3) is 0 Å². The molecule has 284 valence electrons. The third kappa shape index (κ3) is 17.2. The predicted octanol–water partition coefficient (Wildman–Crippen LogP) is 9.61. The highest BCUT2D eigenvalue weighted by Crippen LogP contribution is 2.31. The highest BCUT2D eigenvalue weighted by molar-refractivity contribution is 7.89.